The van der Waals surface area contributed by atoms with E-state index in [1.54, 1.807) is 30.8 Å². The zero-order valence-electron chi connectivity index (χ0n) is 17.4. The highest BCUT2D eigenvalue weighted by atomic mass is 32.1. The van der Waals surface area contributed by atoms with Crippen molar-refractivity contribution < 1.29 is 9.53 Å². The molecule has 158 valence electrons. The fraction of sp³-hybridized carbons (Fsp3) is 0.261. The van der Waals surface area contributed by atoms with Crippen LogP contribution in [0.2, 0.25) is 0 Å². The molecule has 0 radical (unpaired) electrons. The molecular formula is C23H23N5O2S. The lowest BCUT2D eigenvalue weighted by Crippen LogP contribution is -2.28. The smallest absolute Gasteiger partial charge is 0.256 e. The number of rotatable bonds is 5. The van der Waals surface area contributed by atoms with E-state index in [9.17, 15) is 4.79 Å². The molecule has 1 aromatic carbocycles. The molecular weight excluding hydrogens is 410 g/mol. The fourth-order valence-corrected chi connectivity index (χ4v) is 4.69. The van der Waals surface area contributed by atoms with Gasteiger partial charge in [0.25, 0.3) is 5.91 Å². The molecule has 3 aromatic heterocycles. The van der Waals surface area contributed by atoms with E-state index in [1.807, 2.05) is 41.5 Å². The van der Waals surface area contributed by atoms with E-state index in [4.69, 9.17) is 9.72 Å². The number of H-pyrrole nitrogens is 1. The molecule has 1 atom stereocenters. The van der Waals surface area contributed by atoms with E-state index in [-0.39, 0.29) is 11.8 Å². The van der Waals surface area contributed by atoms with E-state index in [1.165, 1.54) is 0 Å². The molecule has 1 amide bonds. The molecule has 0 saturated carbocycles. The number of carbonyl (C=O) groups is 1. The van der Waals surface area contributed by atoms with Gasteiger partial charge in [-0.15, -0.1) is 11.3 Å². The maximum absolute atomic E-state index is 13.3. The van der Waals surface area contributed by atoms with Crippen molar-refractivity contribution in [2.75, 3.05) is 25.5 Å². The number of nitrogens with one attached hydrogen (secondary N) is 2. The predicted molar refractivity (Wildman–Crippen MR) is 122 cm³/mol. The number of anilines is 2. The lowest BCUT2D eigenvalue weighted by atomic mass is 10.0. The standard InChI is InChI=1S/C23H23N5O2S/c1-14-9-16(27-23-24-6-8-31-23)10-21(26-14)15-5-7-28(13-15)22(29)19-12-25-20-4-3-17(30-2)11-18(19)20/h3-4,6,8-12,15,25H,5,7,13H2,1-2H3,(H,24,26,27). The summed E-state index contributed by atoms with van der Waals surface area (Å²) in [6.45, 7) is 3.36. The van der Waals surface area contributed by atoms with Crippen LogP contribution in [0.3, 0.4) is 0 Å². The third-order valence-electron chi connectivity index (χ3n) is 5.67. The van der Waals surface area contributed by atoms with Gasteiger partial charge in [-0.05, 0) is 43.7 Å². The first-order valence-corrected chi connectivity index (χ1v) is 11.1. The second-order valence-electron chi connectivity index (χ2n) is 7.73. The van der Waals surface area contributed by atoms with E-state index < -0.39 is 0 Å². The van der Waals surface area contributed by atoms with Gasteiger partial charge in [-0.2, -0.15) is 0 Å². The zero-order valence-corrected chi connectivity index (χ0v) is 18.2. The Morgan fingerprint density at radius 1 is 1.32 bits per heavy atom. The van der Waals surface area contributed by atoms with Crippen molar-refractivity contribution in [3.8, 4) is 5.75 Å². The third-order valence-corrected chi connectivity index (χ3v) is 6.36. The van der Waals surface area contributed by atoms with Crippen LogP contribution in [-0.4, -0.2) is 46.0 Å². The minimum atomic E-state index is 0.0378. The van der Waals surface area contributed by atoms with E-state index in [0.717, 1.165) is 45.3 Å². The van der Waals surface area contributed by atoms with Gasteiger partial charge >= 0.3 is 0 Å². The summed E-state index contributed by atoms with van der Waals surface area (Å²) >= 11 is 1.56. The van der Waals surface area contributed by atoms with Crippen molar-refractivity contribution in [3.05, 3.63) is 65.1 Å². The molecule has 5 rings (SSSR count). The molecule has 2 N–H and O–H groups in total. The lowest BCUT2D eigenvalue weighted by molar-refractivity contribution is 0.0792. The molecule has 1 fully saturated rings. The minimum Gasteiger partial charge on any atom is -0.497 e. The average molecular weight is 434 g/mol. The van der Waals surface area contributed by atoms with Gasteiger partial charge in [-0.3, -0.25) is 9.78 Å². The number of aryl methyl sites for hydroxylation is 1. The quantitative estimate of drug-likeness (QED) is 0.476. The topological polar surface area (TPSA) is 83.1 Å². The molecule has 1 unspecified atom stereocenters. The van der Waals surface area contributed by atoms with Crippen molar-refractivity contribution in [2.45, 2.75) is 19.3 Å². The maximum atomic E-state index is 13.3. The van der Waals surface area contributed by atoms with Crippen LogP contribution >= 0.6 is 11.3 Å². The highest BCUT2D eigenvalue weighted by Gasteiger charge is 2.30. The highest BCUT2D eigenvalue weighted by molar-refractivity contribution is 7.13. The number of ether oxygens (including phenoxy) is 1. The van der Waals surface area contributed by atoms with Gasteiger partial charge in [0.2, 0.25) is 0 Å². The second-order valence-corrected chi connectivity index (χ2v) is 8.63. The second kappa shape index (κ2) is 8.03. The summed E-state index contributed by atoms with van der Waals surface area (Å²) in [6.07, 6.45) is 4.47. The SMILES string of the molecule is COc1ccc2[nH]cc(C(=O)N3CCC(c4cc(Nc5nccs5)cc(C)n4)C3)c2c1. The van der Waals surface area contributed by atoms with Gasteiger partial charge in [0, 0.05) is 64.8 Å². The van der Waals surface area contributed by atoms with Gasteiger partial charge in [-0.1, -0.05) is 0 Å². The van der Waals surface area contributed by atoms with Crippen LogP contribution in [0, 0.1) is 6.92 Å². The average Bonchev–Trinajstić information content (AvgIpc) is 3.53. The van der Waals surface area contributed by atoms with Crippen molar-refractivity contribution in [2.24, 2.45) is 0 Å². The Kier molecular flexibility index (Phi) is 5.07. The Morgan fingerprint density at radius 3 is 3.03 bits per heavy atom. The fourth-order valence-electron chi connectivity index (χ4n) is 4.14. The number of hydrogen-bond donors (Lipinski definition) is 2. The van der Waals surface area contributed by atoms with Gasteiger partial charge in [0.1, 0.15) is 5.75 Å². The van der Waals surface area contributed by atoms with Gasteiger partial charge < -0.3 is 19.9 Å². The summed E-state index contributed by atoms with van der Waals surface area (Å²) < 4.78 is 5.33. The molecule has 1 aliphatic rings. The molecule has 0 bridgehead atoms. The number of benzene rings is 1. The van der Waals surface area contributed by atoms with Crippen LogP contribution in [-0.2, 0) is 0 Å². The summed E-state index contributed by atoms with van der Waals surface area (Å²) in [7, 11) is 1.63. The van der Waals surface area contributed by atoms with E-state index in [2.05, 4.69) is 21.4 Å². The van der Waals surface area contributed by atoms with Crippen molar-refractivity contribution in [3.63, 3.8) is 0 Å². The number of nitrogens with zero attached hydrogens (tertiary/aromatic N) is 3. The van der Waals surface area contributed by atoms with E-state index in [0.29, 0.717) is 18.7 Å². The number of thiazole rings is 1. The van der Waals surface area contributed by atoms with Crippen LogP contribution in [0.4, 0.5) is 10.8 Å². The molecule has 1 saturated heterocycles. The Morgan fingerprint density at radius 2 is 2.23 bits per heavy atom. The number of aromatic amines is 1. The van der Waals surface area contributed by atoms with Gasteiger partial charge in [0.15, 0.2) is 5.13 Å². The van der Waals surface area contributed by atoms with Crippen LogP contribution in [0.5, 0.6) is 5.75 Å². The third kappa shape index (κ3) is 3.86. The van der Waals surface area contributed by atoms with Crippen LogP contribution in [0.25, 0.3) is 10.9 Å². The Hall–Kier alpha value is -3.39. The number of carbonyl (C=O) groups excluding carboxylic acids is 1. The number of amides is 1. The van der Waals surface area contributed by atoms with Crippen LogP contribution in [0.15, 0.2) is 48.1 Å². The first-order chi connectivity index (χ1) is 15.1. The normalized spacial score (nSPS) is 16.1. The number of likely N-dealkylation sites (tertiary alicyclic amines) is 1. The number of pyridine rings is 1. The molecule has 4 heterocycles. The minimum absolute atomic E-state index is 0.0378. The number of aromatic nitrogens is 3. The molecule has 4 aromatic rings. The first kappa shape index (κ1) is 19.6. The van der Waals surface area contributed by atoms with Crippen molar-refractivity contribution in [1.29, 1.82) is 0 Å². The van der Waals surface area contributed by atoms with Gasteiger partial charge in [-0.25, -0.2) is 4.98 Å². The molecule has 1 aliphatic heterocycles. The maximum Gasteiger partial charge on any atom is 0.256 e. The Bertz CT molecular complexity index is 1230. The molecule has 7 nitrogen and oxygen atoms in total. The van der Waals surface area contributed by atoms with E-state index >= 15 is 0 Å². The van der Waals surface area contributed by atoms with Crippen LogP contribution < -0.4 is 10.1 Å². The predicted octanol–water partition coefficient (Wildman–Crippen LogP) is 4.71. The van der Waals surface area contributed by atoms with Crippen molar-refractivity contribution in [1.82, 2.24) is 19.9 Å². The number of methoxy groups -OCH3 is 1. The summed E-state index contributed by atoms with van der Waals surface area (Å²) in [6, 6.07) is 9.82. The summed E-state index contributed by atoms with van der Waals surface area (Å²) in [5.74, 6) is 0.987. The number of hydrogen-bond acceptors (Lipinski definition) is 6. The molecule has 0 aliphatic carbocycles. The lowest BCUT2D eigenvalue weighted by Gasteiger charge is -2.17. The summed E-state index contributed by atoms with van der Waals surface area (Å²) in [5.41, 5.74) is 4.54. The van der Waals surface area contributed by atoms with Crippen LogP contribution in [0.1, 0.15) is 34.1 Å². The Balaban J connectivity index is 1.35. The first-order valence-electron chi connectivity index (χ1n) is 10.2. The largest absolute Gasteiger partial charge is 0.497 e. The molecule has 8 heteroatoms. The Labute approximate surface area is 184 Å². The zero-order chi connectivity index (χ0) is 21.4. The van der Waals surface area contributed by atoms with Crippen molar-refractivity contribution >= 4 is 39.0 Å². The number of fused-ring (bicyclic) bond motifs is 1. The van der Waals surface area contributed by atoms with Gasteiger partial charge in [0.05, 0.1) is 12.7 Å². The summed E-state index contributed by atoms with van der Waals surface area (Å²) in [4.78, 5) is 27.4. The summed E-state index contributed by atoms with van der Waals surface area (Å²) in [5, 5.41) is 7.03. The highest BCUT2D eigenvalue weighted by Crippen LogP contribution is 2.31. The molecule has 31 heavy (non-hydrogen) atoms. The monoisotopic (exact) mass is 433 g/mol. The molecule has 0 spiro atoms.